The molecule has 9 nitrogen and oxygen atoms in total. The number of benzene rings is 1. The molecule has 0 aliphatic carbocycles. The molecule has 0 bridgehead atoms. The van der Waals surface area contributed by atoms with Crippen LogP contribution in [0.5, 0.6) is 0 Å². The number of H-pyrrole nitrogens is 1. The highest BCUT2D eigenvalue weighted by Crippen LogP contribution is 2.26. The molecule has 0 saturated carbocycles. The Bertz CT molecular complexity index is 890. The molecule has 1 aliphatic heterocycles. The van der Waals surface area contributed by atoms with Crippen molar-refractivity contribution in [1.29, 1.82) is 0 Å². The van der Waals surface area contributed by atoms with Crippen LogP contribution in [0.15, 0.2) is 30.0 Å². The fraction of sp³-hybridized carbons (Fsp3) is 0.250. The summed E-state index contributed by atoms with van der Waals surface area (Å²) < 4.78 is 14.7. The molecule has 2 N–H and O–H groups in total. The number of fused-ring (bicyclic) bond motifs is 1. The van der Waals surface area contributed by atoms with Crippen LogP contribution in [0.25, 0.3) is 10.9 Å². The Morgan fingerprint density at radius 2 is 1.96 bits per heavy atom. The second-order valence-electron chi connectivity index (χ2n) is 5.67. The summed E-state index contributed by atoms with van der Waals surface area (Å²) in [7, 11) is 1.27. The van der Waals surface area contributed by atoms with E-state index in [1.807, 2.05) is 0 Å². The zero-order chi connectivity index (χ0) is 18.2. The van der Waals surface area contributed by atoms with Gasteiger partial charge in [-0.05, 0) is 6.07 Å². The number of anilines is 1. The van der Waals surface area contributed by atoms with Crippen LogP contribution >= 0.6 is 0 Å². The van der Waals surface area contributed by atoms with E-state index in [2.05, 4.69) is 20.3 Å². The largest absolute Gasteiger partial charge is 0.464 e. The molecule has 1 aromatic carbocycles. The second-order valence-corrected chi connectivity index (χ2v) is 5.67. The van der Waals surface area contributed by atoms with E-state index >= 15 is 0 Å². The van der Waals surface area contributed by atoms with Gasteiger partial charge < -0.3 is 19.5 Å². The van der Waals surface area contributed by atoms with Gasteiger partial charge in [-0.2, -0.15) is 5.10 Å². The van der Waals surface area contributed by atoms with Crippen molar-refractivity contribution < 1.29 is 28.6 Å². The maximum absolute atomic E-state index is 11.9. The molecule has 130 valence electrons. The third-order valence-electron chi connectivity index (χ3n) is 3.46. The van der Waals surface area contributed by atoms with E-state index in [1.54, 1.807) is 18.2 Å². The average Bonchev–Trinajstić information content (AvgIpc) is 2.97. The first-order valence-electron chi connectivity index (χ1n) is 7.31. The van der Waals surface area contributed by atoms with Gasteiger partial charge in [-0.25, -0.2) is 14.4 Å². The number of cyclic esters (lactones) is 2. The third-order valence-corrected chi connectivity index (χ3v) is 3.46. The highest BCUT2D eigenvalue weighted by molar-refractivity contribution is 6.15. The van der Waals surface area contributed by atoms with Crippen LogP contribution in [0, 0.1) is 0 Å². The molecule has 2 aromatic rings. The smallest absolute Gasteiger partial charge is 0.356 e. The molecule has 1 aromatic heterocycles. The third kappa shape index (κ3) is 3.03. The van der Waals surface area contributed by atoms with Crippen molar-refractivity contribution >= 4 is 34.5 Å². The molecule has 9 heteroatoms. The van der Waals surface area contributed by atoms with Gasteiger partial charge in [-0.15, -0.1) is 0 Å². The fourth-order valence-electron chi connectivity index (χ4n) is 2.34. The normalized spacial score (nSPS) is 16.2. The van der Waals surface area contributed by atoms with Gasteiger partial charge in [0, 0.05) is 25.4 Å². The van der Waals surface area contributed by atoms with Crippen LogP contribution < -0.4 is 5.32 Å². The van der Waals surface area contributed by atoms with E-state index in [1.165, 1.54) is 27.2 Å². The summed E-state index contributed by atoms with van der Waals surface area (Å²) in [5.41, 5.74) is 0.839. The monoisotopic (exact) mass is 345 g/mol. The summed E-state index contributed by atoms with van der Waals surface area (Å²) in [6.07, 6.45) is 1.18. The Morgan fingerprint density at radius 1 is 1.28 bits per heavy atom. The predicted octanol–water partition coefficient (Wildman–Crippen LogP) is 1.48. The zero-order valence-electron chi connectivity index (χ0n) is 13.7. The second kappa shape index (κ2) is 5.93. The molecular weight excluding hydrogens is 330 g/mol. The molecule has 3 rings (SSSR count). The molecule has 0 spiro atoms. The number of carbonyl (C=O) groups is 3. The maximum Gasteiger partial charge on any atom is 0.356 e. The van der Waals surface area contributed by atoms with Gasteiger partial charge in [0.05, 0.1) is 12.8 Å². The van der Waals surface area contributed by atoms with Gasteiger partial charge in [0.15, 0.2) is 11.3 Å². The molecule has 1 fully saturated rings. The number of nitrogens with one attached hydrogen (secondary N) is 2. The summed E-state index contributed by atoms with van der Waals surface area (Å²) >= 11 is 0. The van der Waals surface area contributed by atoms with E-state index in [-0.39, 0.29) is 11.3 Å². The van der Waals surface area contributed by atoms with E-state index < -0.39 is 23.7 Å². The van der Waals surface area contributed by atoms with E-state index in [4.69, 9.17) is 9.47 Å². The van der Waals surface area contributed by atoms with Crippen LogP contribution in [0.2, 0.25) is 0 Å². The molecule has 2 heterocycles. The number of carbonyl (C=O) groups excluding carboxylic acids is 3. The predicted molar refractivity (Wildman–Crippen MR) is 85.4 cm³/mol. The Kier molecular flexibility index (Phi) is 3.91. The van der Waals surface area contributed by atoms with E-state index in [0.29, 0.717) is 16.6 Å². The number of nitrogens with zero attached hydrogens (tertiary/aromatic N) is 1. The van der Waals surface area contributed by atoms with Gasteiger partial charge in [-0.3, -0.25) is 5.10 Å². The van der Waals surface area contributed by atoms with Crippen molar-refractivity contribution in [3.63, 3.8) is 0 Å². The number of methoxy groups -OCH3 is 1. The number of aromatic amines is 1. The van der Waals surface area contributed by atoms with Crippen LogP contribution in [-0.2, 0) is 23.8 Å². The lowest BCUT2D eigenvalue weighted by atomic mass is 10.2. The Balaban J connectivity index is 1.91. The van der Waals surface area contributed by atoms with Crippen LogP contribution in [0.4, 0.5) is 5.69 Å². The van der Waals surface area contributed by atoms with E-state index in [9.17, 15) is 14.4 Å². The number of esters is 3. The highest BCUT2D eigenvalue weighted by Gasteiger charge is 2.39. The van der Waals surface area contributed by atoms with Crippen molar-refractivity contribution in [1.82, 2.24) is 10.2 Å². The fourth-order valence-corrected chi connectivity index (χ4v) is 2.34. The lowest BCUT2D eigenvalue weighted by Crippen LogP contribution is -2.42. The molecule has 0 atom stereocenters. The first kappa shape index (κ1) is 16.5. The lowest BCUT2D eigenvalue weighted by molar-refractivity contribution is -0.222. The van der Waals surface area contributed by atoms with Gasteiger partial charge in [-0.1, -0.05) is 12.1 Å². The van der Waals surface area contributed by atoms with Gasteiger partial charge in [0.2, 0.25) is 0 Å². The highest BCUT2D eigenvalue weighted by atomic mass is 16.7. The number of aromatic nitrogens is 2. The van der Waals surface area contributed by atoms with Crippen molar-refractivity contribution in [2.45, 2.75) is 19.6 Å². The summed E-state index contributed by atoms with van der Waals surface area (Å²) in [4.78, 5) is 35.5. The topological polar surface area (TPSA) is 120 Å². The standard InChI is InChI=1S/C16H15N3O6/c1-16(2)24-13(20)9(14(21)25-16)7-17-10-6-4-5-8-11(10)18-19-12(8)15(22)23-3/h4-7,17H,1-3H3,(H,18,19). The van der Waals surface area contributed by atoms with Crippen LogP contribution in [0.3, 0.4) is 0 Å². The minimum Gasteiger partial charge on any atom is -0.464 e. The summed E-state index contributed by atoms with van der Waals surface area (Å²) in [6.45, 7) is 2.93. The first-order chi connectivity index (χ1) is 11.8. The molecule has 0 unspecified atom stereocenters. The number of hydrogen-bond donors (Lipinski definition) is 2. The van der Waals surface area contributed by atoms with Crippen molar-refractivity contribution in [3.05, 3.63) is 35.7 Å². The summed E-state index contributed by atoms with van der Waals surface area (Å²) in [6, 6.07) is 5.05. The van der Waals surface area contributed by atoms with Gasteiger partial charge >= 0.3 is 17.9 Å². The zero-order valence-corrected chi connectivity index (χ0v) is 13.7. The van der Waals surface area contributed by atoms with Gasteiger partial charge in [0.1, 0.15) is 5.52 Å². The number of rotatable bonds is 3. The summed E-state index contributed by atoms with van der Waals surface area (Å²) in [5, 5.41) is 10.0. The minimum atomic E-state index is -1.30. The Morgan fingerprint density at radius 3 is 2.60 bits per heavy atom. The quantitative estimate of drug-likeness (QED) is 0.488. The molecule has 25 heavy (non-hydrogen) atoms. The minimum absolute atomic E-state index is 0.201. The van der Waals surface area contributed by atoms with Crippen molar-refractivity contribution in [2.75, 3.05) is 12.4 Å². The molecule has 0 radical (unpaired) electrons. The molecule has 0 amide bonds. The van der Waals surface area contributed by atoms with E-state index in [0.717, 1.165) is 0 Å². The van der Waals surface area contributed by atoms with Crippen molar-refractivity contribution in [3.8, 4) is 0 Å². The van der Waals surface area contributed by atoms with Crippen LogP contribution in [0.1, 0.15) is 24.3 Å². The molecular formula is C16H15N3O6. The SMILES string of the molecule is COC(=O)c1[nH]nc2c(NC=C3C(=O)OC(C)(C)OC3=O)cccc12. The maximum atomic E-state index is 11.9. The first-order valence-corrected chi connectivity index (χ1v) is 7.31. The Hall–Kier alpha value is -3.36. The number of hydrogen-bond acceptors (Lipinski definition) is 8. The van der Waals surface area contributed by atoms with Crippen LogP contribution in [-0.4, -0.2) is 41.0 Å². The lowest BCUT2D eigenvalue weighted by Gasteiger charge is -2.29. The molecule has 1 aliphatic rings. The van der Waals surface area contributed by atoms with Gasteiger partial charge in [0.25, 0.3) is 5.79 Å². The number of ether oxygens (including phenoxy) is 3. The Labute approximate surface area is 141 Å². The molecule has 1 saturated heterocycles. The van der Waals surface area contributed by atoms with Crippen molar-refractivity contribution in [2.24, 2.45) is 0 Å². The summed E-state index contributed by atoms with van der Waals surface area (Å²) in [5.74, 6) is -3.44. The average molecular weight is 345 g/mol. The number of para-hydroxylation sites is 1.